The third-order valence-electron chi connectivity index (χ3n) is 5.64. The lowest BCUT2D eigenvalue weighted by Gasteiger charge is -2.30. The maximum atomic E-state index is 13.4. The molecule has 28 heavy (non-hydrogen) atoms. The molecule has 0 radical (unpaired) electrons. The average molecular weight is 387 g/mol. The van der Waals surface area contributed by atoms with Crippen LogP contribution in [-0.4, -0.2) is 88.8 Å². The van der Waals surface area contributed by atoms with E-state index in [-0.39, 0.29) is 30.4 Å². The Hall–Kier alpha value is -2.52. The van der Waals surface area contributed by atoms with Crippen LogP contribution in [0.4, 0.5) is 0 Å². The van der Waals surface area contributed by atoms with Crippen molar-refractivity contribution < 1.29 is 19.1 Å². The number of hydrogen-bond acceptors (Lipinski definition) is 7. The van der Waals surface area contributed by atoms with E-state index in [4.69, 9.17) is 9.47 Å². The molecule has 2 aromatic rings. The second-order valence-corrected chi connectivity index (χ2v) is 7.52. The highest BCUT2D eigenvalue weighted by Gasteiger charge is 2.36. The zero-order valence-corrected chi connectivity index (χ0v) is 16.4. The lowest BCUT2D eigenvalue weighted by Crippen LogP contribution is -2.47. The minimum Gasteiger partial charge on any atom is -0.468 e. The fraction of sp³-hybridized carbons (Fsp3) is 0.579. The molecule has 4 rings (SSSR count). The number of hydrogen-bond donors (Lipinski definition) is 0. The fourth-order valence-electron chi connectivity index (χ4n) is 4.05. The molecule has 2 atom stereocenters. The van der Waals surface area contributed by atoms with Gasteiger partial charge in [-0.2, -0.15) is 0 Å². The highest BCUT2D eigenvalue weighted by molar-refractivity contribution is 6.04. The SMILES string of the molecule is COC(=O)CN1C[C@H]2COC[C@@H]1CN(C(=O)c1ccnc3c1nc(C)n3C)C2. The van der Waals surface area contributed by atoms with Gasteiger partial charge in [-0.1, -0.05) is 0 Å². The van der Waals surface area contributed by atoms with Crippen molar-refractivity contribution in [2.45, 2.75) is 13.0 Å². The standard InChI is InChI=1S/C19H25N5O4/c1-12-21-17-15(4-5-20-18(17)22(12)2)19(26)24-7-13-6-23(9-16(25)27-3)14(8-24)11-28-10-13/h4-5,13-14H,6-11H2,1-3H3/t13-,14+/m1/s1. The Morgan fingerprint density at radius 2 is 2.11 bits per heavy atom. The summed E-state index contributed by atoms with van der Waals surface area (Å²) in [5.41, 5.74) is 1.90. The summed E-state index contributed by atoms with van der Waals surface area (Å²) in [7, 11) is 3.28. The molecule has 0 saturated carbocycles. The van der Waals surface area contributed by atoms with E-state index < -0.39 is 0 Å². The summed E-state index contributed by atoms with van der Waals surface area (Å²) in [5.74, 6) is 0.629. The molecule has 150 valence electrons. The summed E-state index contributed by atoms with van der Waals surface area (Å²) >= 11 is 0. The monoisotopic (exact) mass is 387 g/mol. The molecular formula is C19H25N5O4. The molecule has 2 bridgehead atoms. The Balaban J connectivity index is 1.62. The Labute approximate surface area is 163 Å². The third kappa shape index (κ3) is 3.35. The molecule has 2 aliphatic heterocycles. The molecule has 0 unspecified atom stereocenters. The van der Waals surface area contributed by atoms with Crippen LogP contribution in [0.2, 0.25) is 0 Å². The van der Waals surface area contributed by atoms with Crippen molar-refractivity contribution in [2.75, 3.05) is 46.5 Å². The Bertz CT molecular complexity index is 911. The van der Waals surface area contributed by atoms with Gasteiger partial charge < -0.3 is 18.9 Å². The molecule has 0 aromatic carbocycles. The van der Waals surface area contributed by atoms with Gasteiger partial charge in [0.2, 0.25) is 0 Å². The van der Waals surface area contributed by atoms with Crippen molar-refractivity contribution >= 4 is 23.0 Å². The molecule has 9 nitrogen and oxygen atoms in total. The summed E-state index contributed by atoms with van der Waals surface area (Å²) in [6.07, 6.45) is 1.65. The van der Waals surface area contributed by atoms with Gasteiger partial charge in [0.15, 0.2) is 5.65 Å². The topological polar surface area (TPSA) is 89.8 Å². The summed E-state index contributed by atoms with van der Waals surface area (Å²) in [4.78, 5) is 38.1. The number of esters is 1. The summed E-state index contributed by atoms with van der Waals surface area (Å²) < 4.78 is 12.5. The van der Waals surface area contributed by atoms with E-state index in [2.05, 4.69) is 14.9 Å². The molecule has 2 saturated heterocycles. The van der Waals surface area contributed by atoms with E-state index in [0.717, 1.165) is 5.82 Å². The first kappa shape index (κ1) is 18.8. The summed E-state index contributed by atoms with van der Waals surface area (Å²) in [6.45, 7) is 4.97. The van der Waals surface area contributed by atoms with Crippen molar-refractivity contribution in [2.24, 2.45) is 13.0 Å². The van der Waals surface area contributed by atoms with Crippen molar-refractivity contribution in [1.82, 2.24) is 24.3 Å². The maximum Gasteiger partial charge on any atom is 0.319 e. The van der Waals surface area contributed by atoms with Crippen LogP contribution in [-0.2, 0) is 21.3 Å². The normalized spacial score (nSPS) is 22.9. The van der Waals surface area contributed by atoms with Crippen LogP contribution in [0.1, 0.15) is 16.2 Å². The number of rotatable bonds is 3. The van der Waals surface area contributed by atoms with Crippen LogP contribution >= 0.6 is 0 Å². The van der Waals surface area contributed by atoms with Crippen LogP contribution < -0.4 is 0 Å². The molecule has 4 heterocycles. The van der Waals surface area contributed by atoms with Gasteiger partial charge in [-0.3, -0.25) is 14.5 Å². The van der Waals surface area contributed by atoms with E-state index >= 15 is 0 Å². The van der Waals surface area contributed by atoms with Crippen LogP contribution in [0.15, 0.2) is 12.3 Å². The lowest BCUT2D eigenvalue weighted by atomic mass is 10.1. The van der Waals surface area contributed by atoms with Crippen LogP contribution in [0, 0.1) is 12.8 Å². The van der Waals surface area contributed by atoms with Gasteiger partial charge in [0.05, 0.1) is 38.5 Å². The van der Waals surface area contributed by atoms with E-state index in [1.807, 2.05) is 23.4 Å². The van der Waals surface area contributed by atoms with Gasteiger partial charge in [-0.15, -0.1) is 0 Å². The van der Waals surface area contributed by atoms with Gasteiger partial charge in [0, 0.05) is 38.8 Å². The van der Waals surface area contributed by atoms with Gasteiger partial charge >= 0.3 is 5.97 Å². The number of methoxy groups -OCH3 is 1. The van der Waals surface area contributed by atoms with Crippen LogP contribution in [0.3, 0.4) is 0 Å². The van der Waals surface area contributed by atoms with Crippen LogP contribution in [0.25, 0.3) is 11.2 Å². The number of carbonyl (C=O) groups excluding carboxylic acids is 2. The number of aromatic nitrogens is 3. The van der Waals surface area contributed by atoms with Crippen molar-refractivity contribution in [1.29, 1.82) is 0 Å². The number of amides is 1. The predicted molar refractivity (Wildman–Crippen MR) is 101 cm³/mol. The number of aryl methyl sites for hydroxylation is 2. The summed E-state index contributed by atoms with van der Waals surface area (Å²) in [5, 5.41) is 0. The lowest BCUT2D eigenvalue weighted by molar-refractivity contribution is -0.142. The van der Waals surface area contributed by atoms with Gasteiger partial charge in [-0.05, 0) is 13.0 Å². The molecule has 1 amide bonds. The zero-order valence-electron chi connectivity index (χ0n) is 16.4. The van der Waals surface area contributed by atoms with E-state index in [1.165, 1.54) is 7.11 Å². The van der Waals surface area contributed by atoms with Gasteiger partial charge in [0.1, 0.15) is 11.3 Å². The predicted octanol–water partition coefficient (Wildman–Crippen LogP) is 0.223. The first-order chi connectivity index (χ1) is 13.5. The zero-order chi connectivity index (χ0) is 19.8. The van der Waals surface area contributed by atoms with Gasteiger partial charge in [0.25, 0.3) is 5.91 Å². The minimum atomic E-state index is -0.273. The van der Waals surface area contributed by atoms with E-state index in [9.17, 15) is 9.59 Å². The number of fused-ring (bicyclic) bond motifs is 4. The first-order valence-corrected chi connectivity index (χ1v) is 9.43. The Morgan fingerprint density at radius 1 is 1.29 bits per heavy atom. The highest BCUT2D eigenvalue weighted by Crippen LogP contribution is 2.24. The Morgan fingerprint density at radius 3 is 2.89 bits per heavy atom. The number of nitrogens with zero attached hydrogens (tertiary/aromatic N) is 5. The second kappa shape index (κ2) is 7.48. The first-order valence-electron chi connectivity index (χ1n) is 9.43. The maximum absolute atomic E-state index is 13.4. The number of ether oxygens (including phenoxy) is 2. The Kier molecular flexibility index (Phi) is 5.03. The molecule has 0 aliphatic carbocycles. The third-order valence-corrected chi connectivity index (χ3v) is 5.64. The second-order valence-electron chi connectivity index (χ2n) is 7.52. The van der Waals surface area contributed by atoms with Crippen molar-refractivity contribution in [3.63, 3.8) is 0 Å². The molecule has 0 N–H and O–H groups in total. The van der Waals surface area contributed by atoms with Crippen molar-refractivity contribution in [3.8, 4) is 0 Å². The van der Waals surface area contributed by atoms with Crippen molar-refractivity contribution in [3.05, 3.63) is 23.7 Å². The molecule has 2 fully saturated rings. The molecule has 9 heteroatoms. The minimum absolute atomic E-state index is 0.0432. The van der Waals surface area contributed by atoms with E-state index in [0.29, 0.717) is 49.6 Å². The largest absolute Gasteiger partial charge is 0.468 e. The highest BCUT2D eigenvalue weighted by atomic mass is 16.5. The fourth-order valence-corrected chi connectivity index (χ4v) is 4.05. The number of imidazole rings is 1. The molecule has 0 spiro atoms. The molecule has 2 aromatic heterocycles. The van der Waals surface area contributed by atoms with Gasteiger partial charge in [-0.25, -0.2) is 9.97 Å². The quantitative estimate of drug-likeness (QED) is 0.696. The molecular weight excluding hydrogens is 362 g/mol. The average Bonchev–Trinajstić information content (AvgIpc) is 2.81. The number of pyridine rings is 1. The van der Waals surface area contributed by atoms with Crippen LogP contribution in [0.5, 0.6) is 0 Å². The van der Waals surface area contributed by atoms with E-state index in [1.54, 1.807) is 12.3 Å². The summed E-state index contributed by atoms with van der Waals surface area (Å²) in [6, 6.07) is 1.69. The number of carbonyl (C=O) groups is 2. The molecule has 2 aliphatic rings. The smallest absolute Gasteiger partial charge is 0.319 e.